The Bertz CT molecular complexity index is 935. The quantitative estimate of drug-likeness (QED) is 0.672. The van der Waals surface area contributed by atoms with Crippen molar-refractivity contribution >= 4 is 32.9 Å². The van der Waals surface area contributed by atoms with Gasteiger partial charge in [0.05, 0.1) is 14.6 Å². The number of likely N-dealkylation sites (tertiary alicyclic amines) is 1. The molecular formula is C23H32N2O3S2. The van der Waals surface area contributed by atoms with E-state index in [9.17, 15) is 13.8 Å². The molecule has 4 rings (SSSR count). The first kappa shape index (κ1) is 21.8. The van der Waals surface area contributed by atoms with Crippen molar-refractivity contribution in [1.82, 2.24) is 4.90 Å². The molecule has 2 unspecified atom stereocenters. The Labute approximate surface area is 184 Å². The smallest absolute Gasteiger partial charge is 0.295 e. The molecule has 1 aromatic rings. The lowest BCUT2D eigenvalue weighted by Gasteiger charge is -2.42. The van der Waals surface area contributed by atoms with Crippen LogP contribution in [0.4, 0.5) is 0 Å². The van der Waals surface area contributed by atoms with E-state index < -0.39 is 9.73 Å². The Morgan fingerprint density at radius 2 is 1.93 bits per heavy atom. The molecule has 2 bridgehead atoms. The summed E-state index contributed by atoms with van der Waals surface area (Å²) in [6.07, 6.45) is 10.5. The predicted molar refractivity (Wildman–Crippen MR) is 122 cm³/mol. The van der Waals surface area contributed by atoms with Crippen LogP contribution in [0.2, 0.25) is 0 Å². The number of thiophene rings is 1. The van der Waals surface area contributed by atoms with E-state index in [1.165, 1.54) is 29.1 Å². The van der Waals surface area contributed by atoms with Crippen LogP contribution in [0.1, 0.15) is 66.4 Å². The standard InChI is InChI=1S/C23H32N2O3S2/c1-2-7-20-10-11-21(29-20)22(26)24-30(28)15-17-12-18(16-30)14-25(13-17)23(27)19-8-5-3-4-6-9-19/h8,10-11,17-18H,2-7,9,12-16H2,1H3. The van der Waals surface area contributed by atoms with E-state index in [1.54, 1.807) is 0 Å². The van der Waals surface area contributed by atoms with Crippen LogP contribution in [0.15, 0.2) is 28.1 Å². The molecule has 1 aromatic heterocycles. The van der Waals surface area contributed by atoms with Gasteiger partial charge >= 0.3 is 0 Å². The Hall–Kier alpha value is -1.47. The zero-order chi connectivity index (χ0) is 21.1. The zero-order valence-electron chi connectivity index (χ0n) is 17.8. The second-order valence-electron chi connectivity index (χ2n) is 9.02. The van der Waals surface area contributed by atoms with Crippen molar-refractivity contribution in [3.63, 3.8) is 0 Å². The number of amides is 2. The lowest BCUT2D eigenvalue weighted by Crippen LogP contribution is -2.51. The molecule has 0 radical (unpaired) electrons. The van der Waals surface area contributed by atoms with Gasteiger partial charge in [0.1, 0.15) is 0 Å². The molecular weight excluding hydrogens is 416 g/mol. The summed E-state index contributed by atoms with van der Waals surface area (Å²) in [6, 6.07) is 3.79. The molecule has 3 aliphatic rings. The average molecular weight is 449 g/mol. The van der Waals surface area contributed by atoms with Gasteiger partial charge in [-0.1, -0.05) is 25.8 Å². The first-order valence-corrected chi connectivity index (χ1v) is 14.0. The molecule has 164 valence electrons. The van der Waals surface area contributed by atoms with Crippen molar-refractivity contribution in [2.24, 2.45) is 16.2 Å². The van der Waals surface area contributed by atoms with E-state index in [0.29, 0.717) is 29.5 Å². The molecule has 7 heteroatoms. The highest BCUT2D eigenvalue weighted by atomic mass is 32.2. The fourth-order valence-electron chi connectivity index (χ4n) is 5.09. The van der Waals surface area contributed by atoms with Crippen molar-refractivity contribution in [1.29, 1.82) is 0 Å². The SMILES string of the molecule is CCCc1ccc(C(=O)N=S2(=O)CC3CC(CN(C(=O)C4=CCCCCC4)C3)C2)s1. The van der Waals surface area contributed by atoms with Crippen LogP contribution in [-0.2, 0) is 20.9 Å². The predicted octanol–water partition coefficient (Wildman–Crippen LogP) is 4.68. The minimum Gasteiger partial charge on any atom is -0.338 e. The molecule has 30 heavy (non-hydrogen) atoms. The minimum absolute atomic E-state index is 0.176. The number of hydrogen-bond donors (Lipinski definition) is 0. The lowest BCUT2D eigenvalue weighted by molar-refractivity contribution is -0.130. The molecule has 2 fully saturated rings. The summed E-state index contributed by atoms with van der Waals surface area (Å²) in [5.74, 6) is 1.07. The van der Waals surface area contributed by atoms with Crippen LogP contribution in [0, 0.1) is 11.8 Å². The molecule has 2 amide bonds. The molecule has 1 aliphatic carbocycles. The molecule has 0 aromatic carbocycles. The largest absolute Gasteiger partial charge is 0.338 e. The molecule has 3 heterocycles. The highest BCUT2D eigenvalue weighted by Crippen LogP contribution is 2.33. The Morgan fingerprint density at radius 3 is 2.67 bits per heavy atom. The van der Waals surface area contributed by atoms with Crippen molar-refractivity contribution in [3.05, 3.63) is 33.5 Å². The van der Waals surface area contributed by atoms with Gasteiger partial charge in [-0.25, -0.2) is 4.21 Å². The summed E-state index contributed by atoms with van der Waals surface area (Å²) in [6.45, 7) is 3.41. The summed E-state index contributed by atoms with van der Waals surface area (Å²) in [5.41, 5.74) is 0.966. The first-order valence-electron chi connectivity index (χ1n) is 11.3. The van der Waals surface area contributed by atoms with Crippen molar-refractivity contribution in [2.75, 3.05) is 24.6 Å². The summed E-state index contributed by atoms with van der Waals surface area (Å²) in [5, 5.41) is 0. The second kappa shape index (κ2) is 9.35. The van der Waals surface area contributed by atoms with E-state index in [-0.39, 0.29) is 23.7 Å². The number of nitrogens with zero attached hydrogens (tertiary/aromatic N) is 2. The third-order valence-electron chi connectivity index (χ3n) is 6.34. The third-order valence-corrected chi connectivity index (χ3v) is 9.95. The Morgan fingerprint density at radius 1 is 1.17 bits per heavy atom. The molecule has 0 saturated carbocycles. The monoisotopic (exact) mass is 448 g/mol. The van der Waals surface area contributed by atoms with E-state index in [0.717, 1.165) is 44.1 Å². The summed E-state index contributed by atoms with van der Waals surface area (Å²) in [4.78, 5) is 29.4. The van der Waals surface area contributed by atoms with Crippen LogP contribution in [0.5, 0.6) is 0 Å². The van der Waals surface area contributed by atoms with Crippen LogP contribution in [0.3, 0.4) is 0 Å². The lowest BCUT2D eigenvalue weighted by atomic mass is 9.90. The summed E-state index contributed by atoms with van der Waals surface area (Å²) < 4.78 is 17.7. The Balaban J connectivity index is 1.44. The highest BCUT2D eigenvalue weighted by Gasteiger charge is 2.39. The van der Waals surface area contributed by atoms with E-state index >= 15 is 0 Å². The fourth-order valence-corrected chi connectivity index (χ4v) is 8.78. The van der Waals surface area contributed by atoms with Gasteiger partial charge < -0.3 is 4.90 Å². The number of aryl methyl sites for hydroxylation is 1. The Kier molecular flexibility index (Phi) is 6.78. The van der Waals surface area contributed by atoms with Gasteiger partial charge in [0, 0.05) is 35.0 Å². The summed E-state index contributed by atoms with van der Waals surface area (Å²) in [7, 11) is -2.55. The van der Waals surface area contributed by atoms with Crippen LogP contribution in [-0.4, -0.2) is 45.5 Å². The van der Waals surface area contributed by atoms with Gasteiger partial charge in [0.25, 0.3) is 5.91 Å². The minimum atomic E-state index is -2.55. The molecule has 0 spiro atoms. The van der Waals surface area contributed by atoms with Crippen LogP contribution < -0.4 is 0 Å². The third kappa shape index (κ3) is 5.05. The van der Waals surface area contributed by atoms with Gasteiger partial charge in [-0.05, 0) is 62.5 Å². The second-order valence-corrected chi connectivity index (χ2v) is 12.6. The van der Waals surface area contributed by atoms with E-state index in [2.05, 4.69) is 17.4 Å². The van der Waals surface area contributed by atoms with Gasteiger partial charge in [-0.15, -0.1) is 11.3 Å². The zero-order valence-corrected chi connectivity index (χ0v) is 19.4. The van der Waals surface area contributed by atoms with Gasteiger partial charge in [0.15, 0.2) is 0 Å². The number of rotatable bonds is 4. The number of hydrogen-bond acceptors (Lipinski definition) is 4. The average Bonchev–Trinajstić information content (AvgIpc) is 3.00. The first-order chi connectivity index (χ1) is 14.5. The maximum absolute atomic E-state index is 13.5. The van der Waals surface area contributed by atoms with E-state index in [1.807, 2.05) is 17.0 Å². The van der Waals surface area contributed by atoms with Gasteiger partial charge in [-0.3, -0.25) is 9.59 Å². The molecule has 2 saturated heterocycles. The normalized spacial score (nSPS) is 29.1. The van der Waals surface area contributed by atoms with E-state index in [4.69, 9.17) is 0 Å². The number of allylic oxidation sites excluding steroid dienone is 1. The fraction of sp³-hybridized carbons (Fsp3) is 0.652. The van der Waals surface area contributed by atoms with Crippen molar-refractivity contribution < 1.29 is 13.8 Å². The van der Waals surface area contributed by atoms with Crippen LogP contribution in [0.25, 0.3) is 0 Å². The maximum atomic E-state index is 13.5. The molecule has 0 N–H and O–H groups in total. The highest BCUT2D eigenvalue weighted by molar-refractivity contribution is 7.94. The van der Waals surface area contributed by atoms with Gasteiger partial charge in [-0.2, -0.15) is 4.36 Å². The topological polar surface area (TPSA) is 66.8 Å². The van der Waals surface area contributed by atoms with Crippen molar-refractivity contribution in [3.8, 4) is 0 Å². The molecule has 2 atom stereocenters. The number of piperidine rings is 1. The molecule has 5 nitrogen and oxygen atoms in total. The number of fused-ring (bicyclic) bond motifs is 2. The summed E-state index contributed by atoms with van der Waals surface area (Å²) >= 11 is 1.47. The number of carbonyl (C=O) groups excluding carboxylic acids is 2. The molecule has 2 aliphatic heterocycles. The van der Waals surface area contributed by atoms with Crippen LogP contribution >= 0.6 is 11.3 Å². The van der Waals surface area contributed by atoms with Crippen molar-refractivity contribution in [2.45, 2.75) is 58.3 Å². The van der Waals surface area contributed by atoms with Gasteiger partial charge in [0.2, 0.25) is 5.91 Å². The maximum Gasteiger partial charge on any atom is 0.295 e. The number of carbonyl (C=O) groups is 2.